The van der Waals surface area contributed by atoms with Crippen LogP contribution in [0.4, 0.5) is 0 Å². The lowest BCUT2D eigenvalue weighted by molar-refractivity contribution is 0.374. The summed E-state index contributed by atoms with van der Waals surface area (Å²) in [6.45, 7) is 2.23. The van der Waals surface area contributed by atoms with Gasteiger partial charge in [-0.3, -0.25) is 0 Å². The lowest BCUT2D eigenvalue weighted by Crippen LogP contribution is -2.38. The van der Waals surface area contributed by atoms with Crippen molar-refractivity contribution >= 4 is 21.4 Å². The minimum Gasteiger partial charge on any atom is -0.313 e. The van der Waals surface area contributed by atoms with Crippen LogP contribution in [0.2, 0.25) is 5.02 Å². The zero-order valence-electron chi connectivity index (χ0n) is 11.8. The largest absolute Gasteiger partial charge is 0.313 e. The molecular formula is C15H22ClNO2S. The highest BCUT2D eigenvalue weighted by molar-refractivity contribution is 7.92. The zero-order valence-corrected chi connectivity index (χ0v) is 13.4. The van der Waals surface area contributed by atoms with E-state index in [1.54, 1.807) is 31.2 Å². The molecule has 1 aliphatic rings. The molecule has 1 fully saturated rings. The Morgan fingerprint density at radius 2 is 1.90 bits per heavy atom. The number of benzene rings is 1. The minimum atomic E-state index is -3.36. The van der Waals surface area contributed by atoms with Crippen molar-refractivity contribution in [2.24, 2.45) is 0 Å². The lowest BCUT2D eigenvalue weighted by atomic mass is 9.95. The molecule has 0 spiro atoms. The molecule has 0 saturated heterocycles. The maximum Gasteiger partial charge on any atom is 0.183 e. The van der Waals surface area contributed by atoms with Crippen LogP contribution in [0.1, 0.15) is 39.0 Å². The molecule has 1 aliphatic carbocycles. The fourth-order valence-corrected chi connectivity index (χ4v) is 4.46. The van der Waals surface area contributed by atoms with E-state index in [0.29, 0.717) is 17.6 Å². The normalized spacial score (nSPS) is 18.9. The van der Waals surface area contributed by atoms with Gasteiger partial charge in [0.2, 0.25) is 0 Å². The molecule has 1 aromatic carbocycles. The highest BCUT2D eigenvalue weighted by Crippen LogP contribution is 2.24. The molecule has 1 saturated carbocycles. The van der Waals surface area contributed by atoms with E-state index in [0.717, 1.165) is 12.8 Å². The monoisotopic (exact) mass is 315 g/mol. The molecular weight excluding hydrogens is 294 g/mol. The molecule has 0 heterocycles. The summed E-state index contributed by atoms with van der Waals surface area (Å²) >= 11 is 6.00. The molecule has 0 amide bonds. The van der Waals surface area contributed by atoms with Gasteiger partial charge >= 0.3 is 0 Å². The van der Waals surface area contributed by atoms with Gasteiger partial charge in [-0.2, -0.15) is 0 Å². The molecule has 3 nitrogen and oxygen atoms in total. The fraction of sp³-hybridized carbons (Fsp3) is 0.600. The second-order valence-corrected chi connectivity index (χ2v) is 8.27. The van der Waals surface area contributed by atoms with Gasteiger partial charge in [-0.15, -0.1) is 0 Å². The second kappa shape index (κ2) is 6.92. The standard InChI is InChI=1S/C15H22ClNO2S/c1-12(11-17-13-7-3-2-4-8-13)20(18,19)15-10-6-5-9-14(15)16/h5-6,9-10,12-13,17H,2-4,7-8,11H2,1H3. The first-order valence-corrected chi connectivity index (χ1v) is 9.16. The Bertz CT molecular complexity index is 539. The van der Waals surface area contributed by atoms with Gasteiger partial charge in [0.1, 0.15) is 0 Å². The molecule has 0 radical (unpaired) electrons. The Morgan fingerprint density at radius 3 is 2.55 bits per heavy atom. The van der Waals surface area contributed by atoms with Gasteiger partial charge in [-0.25, -0.2) is 8.42 Å². The van der Waals surface area contributed by atoms with Crippen molar-refractivity contribution in [1.29, 1.82) is 0 Å². The number of halogens is 1. The Balaban J connectivity index is 2.00. The van der Waals surface area contributed by atoms with Crippen molar-refractivity contribution in [2.45, 2.75) is 55.2 Å². The topological polar surface area (TPSA) is 46.2 Å². The molecule has 0 aliphatic heterocycles. The van der Waals surface area contributed by atoms with Crippen molar-refractivity contribution in [3.8, 4) is 0 Å². The predicted octanol–water partition coefficient (Wildman–Crippen LogP) is 3.42. The summed E-state index contributed by atoms with van der Waals surface area (Å²) in [5.74, 6) is 0. The van der Waals surface area contributed by atoms with Crippen LogP contribution in [-0.2, 0) is 9.84 Å². The van der Waals surface area contributed by atoms with Crippen LogP contribution < -0.4 is 5.32 Å². The van der Waals surface area contributed by atoms with Crippen LogP contribution >= 0.6 is 11.6 Å². The lowest BCUT2D eigenvalue weighted by Gasteiger charge is -2.24. The maximum atomic E-state index is 12.5. The first-order chi connectivity index (χ1) is 9.51. The molecule has 0 bridgehead atoms. The molecule has 2 rings (SSSR count). The van der Waals surface area contributed by atoms with Crippen LogP contribution in [0.15, 0.2) is 29.2 Å². The van der Waals surface area contributed by atoms with Crippen molar-refractivity contribution < 1.29 is 8.42 Å². The van der Waals surface area contributed by atoms with Crippen molar-refractivity contribution in [3.05, 3.63) is 29.3 Å². The second-order valence-electron chi connectivity index (χ2n) is 5.53. The molecule has 1 N–H and O–H groups in total. The number of sulfone groups is 1. The summed E-state index contributed by atoms with van der Waals surface area (Å²) in [7, 11) is -3.36. The maximum absolute atomic E-state index is 12.5. The molecule has 1 atom stereocenters. The molecule has 0 aromatic heterocycles. The first kappa shape index (κ1) is 15.8. The third kappa shape index (κ3) is 3.74. The third-order valence-electron chi connectivity index (χ3n) is 3.97. The van der Waals surface area contributed by atoms with Gasteiger partial charge in [-0.1, -0.05) is 43.0 Å². The van der Waals surface area contributed by atoms with E-state index in [-0.39, 0.29) is 4.90 Å². The number of nitrogens with one attached hydrogen (secondary N) is 1. The summed E-state index contributed by atoms with van der Waals surface area (Å²) in [6.07, 6.45) is 6.08. The van der Waals surface area contributed by atoms with E-state index < -0.39 is 15.1 Å². The quantitative estimate of drug-likeness (QED) is 0.905. The Labute approximate surface area is 126 Å². The summed E-state index contributed by atoms with van der Waals surface area (Å²) in [4.78, 5) is 0.236. The van der Waals surface area contributed by atoms with Gasteiger partial charge in [-0.05, 0) is 31.9 Å². The van der Waals surface area contributed by atoms with Crippen LogP contribution in [0.25, 0.3) is 0 Å². The molecule has 112 valence electrons. The van der Waals surface area contributed by atoms with E-state index in [2.05, 4.69) is 5.32 Å². The minimum absolute atomic E-state index is 0.236. The summed E-state index contributed by atoms with van der Waals surface area (Å²) in [5, 5.41) is 3.23. The Kier molecular flexibility index (Phi) is 5.47. The number of hydrogen-bond donors (Lipinski definition) is 1. The third-order valence-corrected chi connectivity index (χ3v) is 6.61. The van der Waals surface area contributed by atoms with Gasteiger partial charge in [0.25, 0.3) is 0 Å². The van der Waals surface area contributed by atoms with E-state index in [9.17, 15) is 8.42 Å². The highest BCUT2D eigenvalue weighted by Gasteiger charge is 2.26. The van der Waals surface area contributed by atoms with Crippen LogP contribution in [0.3, 0.4) is 0 Å². The fourth-order valence-electron chi connectivity index (χ4n) is 2.64. The van der Waals surface area contributed by atoms with Gasteiger partial charge < -0.3 is 5.32 Å². The molecule has 1 aromatic rings. The van der Waals surface area contributed by atoms with E-state index in [1.807, 2.05) is 0 Å². The SMILES string of the molecule is CC(CNC1CCCCC1)S(=O)(=O)c1ccccc1Cl. The smallest absolute Gasteiger partial charge is 0.183 e. The summed E-state index contributed by atoms with van der Waals surface area (Å²) < 4.78 is 25.0. The van der Waals surface area contributed by atoms with E-state index >= 15 is 0 Å². The van der Waals surface area contributed by atoms with Crippen LogP contribution in [0.5, 0.6) is 0 Å². The van der Waals surface area contributed by atoms with E-state index in [1.165, 1.54) is 19.3 Å². The molecule has 20 heavy (non-hydrogen) atoms. The van der Waals surface area contributed by atoms with Gasteiger partial charge in [0.15, 0.2) is 9.84 Å². The van der Waals surface area contributed by atoms with Crippen LogP contribution in [0, 0.1) is 0 Å². The van der Waals surface area contributed by atoms with E-state index in [4.69, 9.17) is 11.6 Å². The van der Waals surface area contributed by atoms with Gasteiger partial charge in [0, 0.05) is 12.6 Å². The zero-order chi connectivity index (χ0) is 14.6. The molecule has 1 unspecified atom stereocenters. The predicted molar refractivity (Wildman–Crippen MR) is 83.0 cm³/mol. The highest BCUT2D eigenvalue weighted by atomic mass is 35.5. The average molecular weight is 316 g/mol. The summed E-state index contributed by atoms with van der Waals surface area (Å²) in [5.41, 5.74) is 0. The van der Waals surface area contributed by atoms with Crippen molar-refractivity contribution in [1.82, 2.24) is 5.32 Å². The summed E-state index contributed by atoms with van der Waals surface area (Å²) in [6, 6.07) is 7.12. The van der Waals surface area contributed by atoms with Gasteiger partial charge in [0.05, 0.1) is 15.2 Å². The van der Waals surface area contributed by atoms with Crippen LogP contribution in [-0.4, -0.2) is 26.3 Å². The number of rotatable bonds is 5. The van der Waals surface area contributed by atoms with Crippen molar-refractivity contribution in [3.63, 3.8) is 0 Å². The average Bonchev–Trinajstić information content (AvgIpc) is 2.46. The van der Waals surface area contributed by atoms with Crippen molar-refractivity contribution in [2.75, 3.05) is 6.54 Å². The molecule has 5 heteroatoms. The first-order valence-electron chi connectivity index (χ1n) is 7.23. The Morgan fingerprint density at radius 1 is 1.25 bits per heavy atom. The number of hydrogen-bond acceptors (Lipinski definition) is 3. The Hall–Kier alpha value is -0.580.